The summed E-state index contributed by atoms with van der Waals surface area (Å²) in [5.41, 5.74) is 0. The Bertz CT molecular complexity index is 117. The van der Waals surface area contributed by atoms with Crippen LogP contribution in [-0.2, 0) is 9.53 Å². The van der Waals surface area contributed by atoms with Crippen molar-refractivity contribution in [1.29, 1.82) is 0 Å². The highest BCUT2D eigenvalue weighted by Gasteiger charge is 2.05. The van der Waals surface area contributed by atoms with Crippen LogP contribution in [0.15, 0.2) is 0 Å². The van der Waals surface area contributed by atoms with Gasteiger partial charge >= 0.3 is 5.97 Å². The first-order chi connectivity index (χ1) is 5.20. The lowest BCUT2D eigenvalue weighted by Gasteiger charge is -2.06. The average molecular weight is 288 g/mol. The highest BCUT2D eigenvalue weighted by Crippen LogP contribution is 2.04. The second kappa shape index (κ2) is 7.10. The molecule has 11 heavy (non-hydrogen) atoms. The van der Waals surface area contributed by atoms with E-state index >= 15 is 0 Å². The Balaban J connectivity index is 3.30. The average Bonchev–Trinajstić information content (AvgIpc) is 2.01. The van der Waals surface area contributed by atoms with Crippen LogP contribution in [0, 0.1) is 0 Å². The molecule has 4 heteroatoms. The third-order valence-electron chi connectivity index (χ3n) is 1.05. The Hall–Kier alpha value is 0.430. The number of alkyl halides is 2. The molecule has 0 radical (unpaired) electrons. The molecular weight excluding hydrogens is 276 g/mol. The molecule has 0 amide bonds. The van der Waals surface area contributed by atoms with Crippen molar-refractivity contribution in [3.8, 4) is 0 Å². The summed E-state index contributed by atoms with van der Waals surface area (Å²) in [5, 5.41) is 0.798. The van der Waals surface area contributed by atoms with Crippen molar-refractivity contribution in [2.45, 2.75) is 24.6 Å². The van der Waals surface area contributed by atoms with Gasteiger partial charge in [0.05, 0.1) is 4.83 Å². The lowest BCUT2D eigenvalue weighted by Crippen LogP contribution is -2.14. The van der Waals surface area contributed by atoms with Gasteiger partial charge in [0.15, 0.2) is 0 Å². The summed E-state index contributed by atoms with van der Waals surface area (Å²) in [6.07, 6.45) is 1.36. The number of rotatable bonds is 5. The standard InChI is InChI=1S/C7H12Br2O2/c1-2-3-7(10)11-5-6(9)4-8/h6H,2-5H2,1H3/t6-/m0/s1. The van der Waals surface area contributed by atoms with Crippen LogP contribution >= 0.6 is 31.9 Å². The number of carbonyl (C=O) groups excluding carboxylic acids is 1. The fraction of sp³-hybridized carbons (Fsp3) is 0.857. The van der Waals surface area contributed by atoms with E-state index in [0.29, 0.717) is 13.0 Å². The third kappa shape index (κ3) is 6.81. The topological polar surface area (TPSA) is 26.3 Å². The second-order valence-corrected chi connectivity index (χ2v) is 4.13. The predicted molar refractivity (Wildman–Crippen MR) is 52.4 cm³/mol. The van der Waals surface area contributed by atoms with Gasteiger partial charge in [0, 0.05) is 11.8 Å². The van der Waals surface area contributed by atoms with Crippen LogP contribution in [0.5, 0.6) is 0 Å². The minimum absolute atomic E-state index is 0.113. The first-order valence-corrected chi connectivity index (χ1v) is 5.60. The van der Waals surface area contributed by atoms with Crippen molar-refractivity contribution in [2.24, 2.45) is 0 Å². The van der Waals surface area contributed by atoms with Crippen molar-refractivity contribution in [2.75, 3.05) is 11.9 Å². The van der Waals surface area contributed by atoms with Gasteiger partial charge in [-0.15, -0.1) is 0 Å². The fourth-order valence-corrected chi connectivity index (χ4v) is 0.823. The number of halogens is 2. The SMILES string of the molecule is CCCC(=O)OC[C@@H](Br)CBr. The Labute approximate surface area is 83.9 Å². The van der Waals surface area contributed by atoms with Gasteiger partial charge in [-0.1, -0.05) is 38.8 Å². The molecule has 0 N–H and O–H groups in total. The van der Waals surface area contributed by atoms with E-state index in [1.54, 1.807) is 0 Å². The van der Waals surface area contributed by atoms with Crippen LogP contribution in [0.3, 0.4) is 0 Å². The molecular formula is C7H12Br2O2. The molecule has 0 fully saturated rings. The van der Waals surface area contributed by atoms with E-state index < -0.39 is 0 Å². The van der Waals surface area contributed by atoms with Crippen molar-refractivity contribution >= 4 is 37.8 Å². The summed E-state index contributed by atoms with van der Waals surface area (Å²) < 4.78 is 4.92. The first kappa shape index (κ1) is 11.4. The number of hydrogen-bond acceptors (Lipinski definition) is 2. The quantitative estimate of drug-likeness (QED) is 0.574. The maximum absolute atomic E-state index is 10.8. The lowest BCUT2D eigenvalue weighted by molar-refractivity contribution is -0.143. The molecule has 0 aliphatic carbocycles. The van der Waals surface area contributed by atoms with Gasteiger partial charge in [-0.3, -0.25) is 4.79 Å². The number of carbonyl (C=O) groups is 1. The van der Waals surface area contributed by atoms with Crippen molar-refractivity contribution in [3.05, 3.63) is 0 Å². The second-order valence-electron chi connectivity index (χ2n) is 2.18. The summed E-state index contributed by atoms with van der Waals surface area (Å²) >= 11 is 6.60. The molecule has 66 valence electrons. The molecule has 0 aromatic rings. The molecule has 0 aliphatic heterocycles. The fourth-order valence-electron chi connectivity index (χ4n) is 0.504. The number of esters is 1. The van der Waals surface area contributed by atoms with Gasteiger partial charge in [-0.25, -0.2) is 0 Å². The molecule has 0 unspecified atom stereocenters. The molecule has 0 rings (SSSR count). The van der Waals surface area contributed by atoms with E-state index in [0.717, 1.165) is 11.8 Å². The lowest BCUT2D eigenvalue weighted by atomic mass is 10.3. The van der Waals surface area contributed by atoms with E-state index in [1.807, 2.05) is 6.92 Å². The van der Waals surface area contributed by atoms with Gasteiger partial charge in [-0.2, -0.15) is 0 Å². The predicted octanol–water partition coefficient (Wildman–Crippen LogP) is 2.49. The summed E-state index contributed by atoms with van der Waals surface area (Å²) in [7, 11) is 0. The van der Waals surface area contributed by atoms with Crippen molar-refractivity contribution < 1.29 is 9.53 Å². The van der Waals surface area contributed by atoms with Crippen molar-refractivity contribution in [1.82, 2.24) is 0 Å². The van der Waals surface area contributed by atoms with E-state index in [9.17, 15) is 4.79 Å². The summed E-state index contributed by atoms with van der Waals surface area (Å²) in [5.74, 6) is -0.113. The van der Waals surface area contributed by atoms with Crippen LogP contribution in [0.2, 0.25) is 0 Å². The molecule has 2 nitrogen and oxygen atoms in total. The molecule has 0 aromatic carbocycles. The zero-order chi connectivity index (χ0) is 8.69. The minimum Gasteiger partial charge on any atom is -0.464 e. The first-order valence-electron chi connectivity index (χ1n) is 3.56. The zero-order valence-electron chi connectivity index (χ0n) is 6.48. The van der Waals surface area contributed by atoms with Crippen LogP contribution in [0.4, 0.5) is 0 Å². The maximum atomic E-state index is 10.8. The monoisotopic (exact) mass is 286 g/mol. The Morgan fingerprint density at radius 2 is 2.27 bits per heavy atom. The van der Waals surface area contributed by atoms with E-state index in [4.69, 9.17) is 4.74 Å². The van der Waals surface area contributed by atoms with E-state index in [1.165, 1.54) is 0 Å². The summed E-state index contributed by atoms with van der Waals surface area (Å²) in [4.78, 5) is 11.0. The van der Waals surface area contributed by atoms with Crippen LogP contribution < -0.4 is 0 Å². The van der Waals surface area contributed by atoms with Crippen molar-refractivity contribution in [3.63, 3.8) is 0 Å². The molecule has 0 spiro atoms. The summed E-state index contributed by atoms with van der Waals surface area (Å²) in [6.45, 7) is 2.40. The Kier molecular flexibility index (Phi) is 7.38. The maximum Gasteiger partial charge on any atom is 0.305 e. The molecule has 0 bridgehead atoms. The van der Waals surface area contributed by atoms with Gasteiger partial charge < -0.3 is 4.74 Å². The Morgan fingerprint density at radius 3 is 2.73 bits per heavy atom. The van der Waals surface area contributed by atoms with Gasteiger partial charge in [0.1, 0.15) is 6.61 Å². The summed E-state index contributed by atoms with van der Waals surface area (Å²) in [6, 6.07) is 0. The molecule has 1 atom stereocenters. The molecule has 0 heterocycles. The normalized spacial score (nSPS) is 12.6. The molecule has 0 saturated heterocycles. The largest absolute Gasteiger partial charge is 0.464 e. The molecule has 0 saturated carbocycles. The minimum atomic E-state index is -0.113. The Morgan fingerprint density at radius 1 is 1.64 bits per heavy atom. The number of hydrogen-bond donors (Lipinski definition) is 0. The highest BCUT2D eigenvalue weighted by molar-refractivity contribution is 9.12. The number of ether oxygens (including phenoxy) is 1. The van der Waals surface area contributed by atoms with Gasteiger partial charge in [0.25, 0.3) is 0 Å². The third-order valence-corrected chi connectivity index (χ3v) is 3.29. The van der Waals surface area contributed by atoms with Crippen LogP contribution in [-0.4, -0.2) is 22.7 Å². The highest BCUT2D eigenvalue weighted by atomic mass is 79.9. The van der Waals surface area contributed by atoms with Gasteiger partial charge in [0.2, 0.25) is 0 Å². The van der Waals surface area contributed by atoms with Gasteiger partial charge in [-0.05, 0) is 6.42 Å². The zero-order valence-corrected chi connectivity index (χ0v) is 9.65. The van der Waals surface area contributed by atoms with E-state index in [2.05, 4.69) is 31.9 Å². The molecule has 0 aromatic heterocycles. The molecule has 0 aliphatic rings. The van der Waals surface area contributed by atoms with Crippen LogP contribution in [0.1, 0.15) is 19.8 Å². The van der Waals surface area contributed by atoms with Crippen LogP contribution in [0.25, 0.3) is 0 Å². The smallest absolute Gasteiger partial charge is 0.305 e. The van der Waals surface area contributed by atoms with E-state index in [-0.39, 0.29) is 10.8 Å².